The fraction of sp³-hybridized carbons (Fsp3) is 0.571. The number of hydrogen-bond donors (Lipinski definition) is 2. The lowest BCUT2D eigenvalue weighted by molar-refractivity contribution is 0.248. The Morgan fingerprint density at radius 2 is 1.84 bits per heavy atom. The average molecular weight is 282 g/mol. The molecule has 5 heteroatoms. The second-order valence-electron chi connectivity index (χ2n) is 5.47. The van der Waals surface area contributed by atoms with Crippen molar-refractivity contribution >= 4 is 15.7 Å². The summed E-state index contributed by atoms with van der Waals surface area (Å²) in [5.41, 5.74) is 0.702. The van der Waals surface area contributed by atoms with Crippen LogP contribution in [-0.4, -0.2) is 20.5 Å². The first-order valence-corrected chi connectivity index (χ1v) is 8.31. The van der Waals surface area contributed by atoms with Gasteiger partial charge < -0.3 is 5.32 Å². The van der Waals surface area contributed by atoms with Crippen LogP contribution in [-0.2, 0) is 10.0 Å². The van der Waals surface area contributed by atoms with Crippen LogP contribution in [0.3, 0.4) is 0 Å². The molecule has 2 rings (SSSR count). The van der Waals surface area contributed by atoms with E-state index in [0.29, 0.717) is 4.90 Å². The standard InChI is InChI=1S/C14H22N2O2S/c1-3-11-15-12-5-7-13(8-6-12)19(17,18)16-14(2)9-4-10-14/h5-8,15-16H,3-4,9-11H2,1-2H3. The summed E-state index contributed by atoms with van der Waals surface area (Å²) in [6, 6.07) is 6.94. The van der Waals surface area contributed by atoms with Crippen molar-refractivity contribution in [2.45, 2.75) is 50.0 Å². The van der Waals surface area contributed by atoms with Gasteiger partial charge in [0.2, 0.25) is 10.0 Å². The molecular weight excluding hydrogens is 260 g/mol. The van der Waals surface area contributed by atoms with E-state index in [1.807, 2.05) is 19.1 Å². The quantitative estimate of drug-likeness (QED) is 0.843. The van der Waals surface area contributed by atoms with Crippen molar-refractivity contribution in [3.8, 4) is 0 Å². The van der Waals surface area contributed by atoms with Crippen LogP contribution in [0.5, 0.6) is 0 Å². The van der Waals surface area contributed by atoms with E-state index in [1.165, 1.54) is 0 Å². The maximum atomic E-state index is 12.2. The Morgan fingerprint density at radius 3 is 2.32 bits per heavy atom. The summed E-state index contributed by atoms with van der Waals surface area (Å²) in [4.78, 5) is 0.336. The monoisotopic (exact) mass is 282 g/mol. The number of hydrogen-bond acceptors (Lipinski definition) is 3. The minimum Gasteiger partial charge on any atom is -0.385 e. The Labute approximate surface area is 115 Å². The van der Waals surface area contributed by atoms with Crippen LogP contribution in [0.4, 0.5) is 5.69 Å². The van der Waals surface area contributed by atoms with Gasteiger partial charge in [0, 0.05) is 17.8 Å². The zero-order valence-electron chi connectivity index (χ0n) is 11.6. The molecule has 0 heterocycles. The van der Waals surface area contributed by atoms with Gasteiger partial charge in [0.25, 0.3) is 0 Å². The number of nitrogens with one attached hydrogen (secondary N) is 2. The summed E-state index contributed by atoms with van der Waals surface area (Å²) in [6.07, 6.45) is 3.98. The predicted octanol–water partition coefficient (Wildman–Crippen LogP) is 2.73. The van der Waals surface area contributed by atoms with Crippen LogP contribution in [0.25, 0.3) is 0 Å². The van der Waals surface area contributed by atoms with E-state index in [0.717, 1.165) is 37.9 Å². The van der Waals surface area contributed by atoms with Crippen LogP contribution in [0.1, 0.15) is 39.5 Å². The number of benzene rings is 1. The molecule has 0 atom stereocenters. The third-order valence-corrected chi connectivity index (χ3v) is 5.24. The Morgan fingerprint density at radius 1 is 1.21 bits per heavy atom. The number of sulfonamides is 1. The molecule has 4 nitrogen and oxygen atoms in total. The lowest BCUT2D eigenvalue weighted by atomic mass is 9.80. The molecule has 19 heavy (non-hydrogen) atoms. The fourth-order valence-electron chi connectivity index (χ4n) is 2.21. The van der Waals surface area contributed by atoms with Gasteiger partial charge in [-0.1, -0.05) is 6.92 Å². The van der Waals surface area contributed by atoms with E-state index < -0.39 is 10.0 Å². The molecule has 1 aliphatic rings. The highest BCUT2D eigenvalue weighted by molar-refractivity contribution is 7.89. The van der Waals surface area contributed by atoms with E-state index in [2.05, 4.69) is 17.0 Å². The van der Waals surface area contributed by atoms with Gasteiger partial charge in [-0.05, 0) is 56.9 Å². The zero-order valence-corrected chi connectivity index (χ0v) is 12.4. The van der Waals surface area contributed by atoms with Crippen LogP contribution in [0.2, 0.25) is 0 Å². The smallest absolute Gasteiger partial charge is 0.241 e. The first-order chi connectivity index (χ1) is 8.95. The molecule has 0 unspecified atom stereocenters. The molecule has 1 aromatic carbocycles. The lowest BCUT2D eigenvalue weighted by Gasteiger charge is -2.38. The van der Waals surface area contributed by atoms with Crippen molar-refractivity contribution < 1.29 is 8.42 Å². The van der Waals surface area contributed by atoms with Crippen molar-refractivity contribution in [1.29, 1.82) is 0 Å². The molecule has 0 radical (unpaired) electrons. The topological polar surface area (TPSA) is 58.2 Å². The Balaban J connectivity index is 2.08. The summed E-state index contributed by atoms with van der Waals surface area (Å²) >= 11 is 0. The highest BCUT2D eigenvalue weighted by Gasteiger charge is 2.36. The van der Waals surface area contributed by atoms with E-state index in [4.69, 9.17) is 0 Å². The highest BCUT2D eigenvalue weighted by Crippen LogP contribution is 2.32. The van der Waals surface area contributed by atoms with Gasteiger partial charge in [-0.25, -0.2) is 13.1 Å². The highest BCUT2D eigenvalue weighted by atomic mass is 32.2. The second kappa shape index (κ2) is 5.51. The van der Waals surface area contributed by atoms with Gasteiger partial charge >= 0.3 is 0 Å². The van der Waals surface area contributed by atoms with E-state index in [9.17, 15) is 8.42 Å². The van der Waals surface area contributed by atoms with Crippen LogP contribution in [0.15, 0.2) is 29.2 Å². The first kappa shape index (κ1) is 14.3. The number of rotatable bonds is 6. The molecule has 0 saturated heterocycles. The van der Waals surface area contributed by atoms with E-state index in [-0.39, 0.29) is 5.54 Å². The molecule has 1 saturated carbocycles. The van der Waals surface area contributed by atoms with E-state index >= 15 is 0 Å². The third-order valence-electron chi connectivity index (χ3n) is 3.58. The summed E-state index contributed by atoms with van der Waals surface area (Å²) in [7, 11) is -3.39. The molecule has 0 amide bonds. The normalized spacial score (nSPS) is 17.8. The molecule has 106 valence electrons. The zero-order chi connectivity index (χ0) is 13.9. The fourth-order valence-corrected chi connectivity index (χ4v) is 3.68. The van der Waals surface area contributed by atoms with Gasteiger partial charge in [-0.2, -0.15) is 0 Å². The third kappa shape index (κ3) is 3.48. The Kier molecular flexibility index (Phi) is 4.16. The second-order valence-corrected chi connectivity index (χ2v) is 7.15. The Hall–Kier alpha value is -1.07. The van der Waals surface area contributed by atoms with Gasteiger partial charge in [0.05, 0.1) is 4.90 Å². The molecule has 2 N–H and O–H groups in total. The molecule has 1 fully saturated rings. The molecule has 0 aliphatic heterocycles. The van der Waals surface area contributed by atoms with Crippen molar-refractivity contribution in [2.75, 3.05) is 11.9 Å². The lowest BCUT2D eigenvalue weighted by Crippen LogP contribution is -2.50. The van der Waals surface area contributed by atoms with Gasteiger partial charge in [0.1, 0.15) is 0 Å². The molecular formula is C14H22N2O2S. The molecule has 0 spiro atoms. The van der Waals surface area contributed by atoms with E-state index in [1.54, 1.807) is 12.1 Å². The summed E-state index contributed by atoms with van der Waals surface area (Å²) in [5, 5.41) is 3.23. The van der Waals surface area contributed by atoms with Gasteiger partial charge in [0.15, 0.2) is 0 Å². The van der Waals surface area contributed by atoms with Crippen molar-refractivity contribution in [1.82, 2.24) is 4.72 Å². The molecule has 1 aromatic rings. The largest absolute Gasteiger partial charge is 0.385 e. The van der Waals surface area contributed by atoms with Crippen LogP contribution >= 0.6 is 0 Å². The summed E-state index contributed by atoms with van der Waals surface area (Å²) in [5.74, 6) is 0. The molecule has 1 aliphatic carbocycles. The maximum absolute atomic E-state index is 12.2. The van der Waals surface area contributed by atoms with Crippen molar-refractivity contribution in [3.05, 3.63) is 24.3 Å². The first-order valence-electron chi connectivity index (χ1n) is 6.83. The summed E-state index contributed by atoms with van der Waals surface area (Å²) in [6.45, 7) is 4.95. The average Bonchev–Trinajstić information content (AvgIpc) is 2.34. The summed E-state index contributed by atoms with van der Waals surface area (Å²) < 4.78 is 27.3. The van der Waals surface area contributed by atoms with Crippen LogP contribution < -0.4 is 10.0 Å². The number of anilines is 1. The minimum atomic E-state index is -3.39. The van der Waals surface area contributed by atoms with Crippen LogP contribution in [0, 0.1) is 0 Å². The Bertz CT molecular complexity index is 519. The van der Waals surface area contributed by atoms with Crippen molar-refractivity contribution in [2.24, 2.45) is 0 Å². The SMILES string of the molecule is CCCNc1ccc(S(=O)(=O)NC2(C)CCC2)cc1. The van der Waals surface area contributed by atoms with Gasteiger partial charge in [-0.3, -0.25) is 0 Å². The predicted molar refractivity (Wildman–Crippen MR) is 77.8 cm³/mol. The molecule has 0 bridgehead atoms. The minimum absolute atomic E-state index is 0.252. The van der Waals surface area contributed by atoms with Crippen molar-refractivity contribution in [3.63, 3.8) is 0 Å². The maximum Gasteiger partial charge on any atom is 0.241 e. The molecule has 0 aromatic heterocycles. The van der Waals surface area contributed by atoms with Gasteiger partial charge in [-0.15, -0.1) is 0 Å².